The van der Waals surface area contributed by atoms with Crippen molar-refractivity contribution < 1.29 is 13.6 Å². The highest BCUT2D eigenvalue weighted by Gasteiger charge is 2.15. The number of Topliss-reactive ketones (excluding diaryl/α,β-unsaturated/α-hetero) is 1. The van der Waals surface area contributed by atoms with Gasteiger partial charge in [0.15, 0.2) is 17.4 Å². The van der Waals surface area contributed by atoms with Crippen LogP contribution >= 0.6 is 23.2 Å². The van der Waals surface area contributed by atoms with Crippen LogP contribution in [0.15, 0.2) is 36.4 Å². The molecule has 0 heterocycles. The summed E-state index contributed by atoms with van der Waals surface area (Å²) in [5.41, 5.74) is 0.228. The van der Waals surface area contributed by atoms with Crippen LogP contribution in [0.1, 0.15) is 15.9 Å². The van der Waals surface area contributed by atoms with Gasteiger partial charge in [0.25, 0.3) is 0 Å². The summed E-state index contributed by atoms with van der Waals surface area (Å²) in [7, 11) is 0. The summed E-state index contributed by atoms with van der Waals surface area (Å²) < 4.78 is 26.5. The fourth-order valence-corrected chi connectivity index (χ4v) is 2.18. The van der Waals surface area contributed by atoms with Crippen LogP contribution in [0.2, 0.25) is 10.0 Å². The van der Waals surface area contributed by atoms with E-state index in [1.165, 1.54) is 30.3 Å². The van der Waals surface area contributed by atoms with Gasteiger partial charge in [-0.25, -0.2) is 8.78 Å². The second-order valence-electron chi connectivity index (χ2n) is 3.94. The molecule has 0 aromatic heterocycles. The third-order valence-corrected chi connectivity index (χ3v) is 3.16. The first kappa shape index (κ1) is 14.0. The molecule has 2 rings (SSSR count). The summed E-state index contributed by atoms with van der Waals surface area (Å²) in [6.45, 7) is 0. The van der Waals surface area contributed by atoms with Crippen molar-refractivity contribution in [1.29, 1.82) is 0 Å². The van der Waals surface area contributed by atoms with Crippen LogP contribution in [0.4, 0.5) is 8.78 Å². The van der Waals surface area contributed by atoms with Gasteiger partial charge in [0.2, 0.25) is 0 Å². The van der Waals surface area contributed by atoms with Crippen molar-refractivity contribution >= 4 is 29.0 Å². The molecule has 0 fully saturated rings. The van der Waals surface area contributed by atoms with Gasteiger partial charge >= 0.3 is 0 Å². The topological polar surface area (TPSA) is 17.1 Å². The third-order valence-electron chi connectivity index (χ3n) is 2.61. The van der Waals surface area contributed by atoms with Crippen molar-refractivity contribution in [2.45, 2.75) is 6.42 Å². The fraction of sp³-hybridized carbons (Fsp3) is 0.0714. The molecule has 0 spiro atoms. The maximum absolute atomic E-state index is 13.5. The molecular weight excluding hydrogens is 293 g/mol. The van der Waals surface area contributed by atoms with Crippen LogP contribution < -0.4 is 0 Å². The van der Waals surface area contributed by atoms with E-state index in [0.29, 0.717) is 5.02 Å². The minimum Gasteiger partial charge on any atom is -0.294 e. The van der Waals surface area contributed by atoms with Gasteiger partial charge in [0.1, 0.15) is 0 Å². The Kier molecular flexibility index (Phi) is 4.17. The largest absolute Gasteiger partial charge is 0.294 e. The zero-order valence-electron chi connectivity index (χ0n) is 9.59. The summed E-state index contributed by atoms with van der Waals surface area (Å²) in [6, 6.07) is 8.12. The second kappa shape index (κ2) is 5.68. The second-order valence-corrected chi connectivity index (χ2v) is 4.78. The predicted molar refractivity (Wildman–Crippen MR) is 70.9 cm³/mol. The van der Waals surface area contributed by atoms with E-state index in [0.717, 1.165) is 6.07 Å². The van der Waals surface area contributed by atoms with Crippen molar-refractivity contribution in [3.8, 4) is 0 Å². The molecular formula is C14H8Cl2F2O. The van der Waals surface area contributed by atoms with E-state index in [1.807, 2.05) is 0 Å². The first-order valence-corrected chi connectivity index (χ1v) is 6.16. The lowest BCUT2D eigenvalue weighted by Gasteiger charge is -2.05. The molecule has 0 amide bonds. The minimum absolute atomic E-state index is 0.00369. The highest BCUT2D eigenvalue weighted by molar-refractivity contribution is 6.36. The monoisotopic (exact) mass is 300 g/mol. The van der Waals surface area contributed by atoms with Crippen LogP contribution in [0.5, 0.6) is 0 Å². The van der Waals surface area contributed by atoms with Gasteiger partial charge in [-0.1, -0.05) is 35.3 Å². The lowest BCUT2D eigenvalue weighted by Crippen LogP contribution is -2.06. The van der Waals surface area contributed by atoms with Crippen molar-refractivity contribution in [3.05, 3.63) is 69.2 Å². The molecule has 0 aliphatic rings. The van der Waals surface area contributed by atoms with Crippen molar-refractivity contribution in [3.63, 3.8) is 0 Å². The summed E-state index contributed by atoms with van der Waals surface area (Å²) >= 11 is 11.6. The maximum Gasteiger partial charge on any atom is 0.168 e. The number of hydrogen-bond donors (Lipinski definition) is 0. The Morgan fingerprint density at radius 3 is 2.53 bits per heavy atom. The van der Waals surface area contributed by atoms with E-state index in [1.54, 1.807) is 0 Å². The molecule has 0 bridgehead atoms. The quantitative estimate of drug-likeness (QED) is 0.751. The Balaban J connectivity index is 2.28. The number of ketones is 1. The zero-order valence-corrected chi connectivity index (χ0v) is 11.1. The predicted octanol–water partition coefficient (Wildman–Crippen LogP) is 4.70. The van der Waals surface area contributed by atoms with Crippen LogP contribution in [-0.2, 0) is 6.42 Å². The van der Waals surface area contributed by atoms with Crippen LogP contribution in [0, 0.1) is 11.6 Å². The molecule has 0 saturated heterocycles. The SMILES string of the molecule is O=C(Cc1cccc(F)c1F)c1ccc(Cl)cc1Cl. The van der Waals surface area contributed by atoms with Crippen molar-refractivity contribution in [2.24, 2.45) is 0 Å². The van der Waals surface area contributed by atoms with Gasteiger partial charge in [0.05, 0.1) is 5.02 Å². The average molecular weight is 301 g/mol. The number of halogens is 4. The number of carbonyl (C=O) groups excluding carboxylic acids is 1. The standard InChI is InChI=1S/C14H8Cl2F2O/c15-9-4-5-10(11(16)7-9)13(19)6-8-2-1-3-12(17)14(8)18/h1-5,7H,6H2. The molecule has 0 aliphatic heterocycles. The van der Waals surface area contributed by atoms with E-state index < -0.39 is 17.4 Å². The van der Waals surface area contributed by atoms with Gasteiger partial charge in [0, 0.05) is 17.0 Å². The molecule has 0 radical (unpaired) electrons. The van der Waals surface area contributed by atoms with E-state index in [2.05, 4.69) is 0 Å². The molecule has 0 unspecified atom stereocenters. The van der Waals surface area contributed by atoms with Gasteiger partial charge in [-0.05, 0) is 29.8 Å². The smallest absolute Gasteiger partial charge is 0.168 e. The molecule has 98 valence electrons. The van der Waals surface area contributed by atoms with Crippen LogP contribution in [0.3, 0.4) is 0 Å². The van der Waals surface area contributed by atoms with E-state index in [4.69, 9.17) is 23.2 Å². The summed E-state index contributed by atoms with van der Waals surface area (Å²) in [5, 5.41) is 0.591. The van der Waals surface area contributed by atoms with E-state index in [-0.39, 0.29) is 22.6 Å². The molecule has 5 heteroatoms. The molecule has 0 N–H and O–H groups in total. The number of carbonyl (C=O) groups is 1. The lowest BCUT2D eigenvalue weighted by molar-refractivity contribution is 0.0992. The Morgan fingerprint density at radius 2 is 1.84 bits per heavy atom. The third kappa shape index (κ3) is 3.11. The summed E-state index contributed by atoms with van der Waals surface area (Å²) in [4.78, 5) is 12.0. The van der Waals surface area contributed by atoms with Gasteiger partial charge in [-0.3, -0.25) is 4.79 Å². The molecule has 2 aromatic carbocycles. The lowest BCUT2D eigenvalue weighted by atomic mass is 10.0. The first-order valence-electron chi connectivity index (χ1n) is 5.40. The number of hydrogen-bond acceptors (Lipinski definition) is 1. The molecule has 1 nitrogen and oxygen atoms in total. The summed E-state index contributed by atoms with van der Waals surface area (Å²) in [5.74, 6) is -2.39. The molecule has 19 heavy (non-hydrogen) atoms. The minimum atomic E-state index is -1.01. The van der Waals surface area contributed by atoms with Crippen molar-refractivity contribution in [1.82, 2.24) is 0 Å². The van der Waals surface area contributed by atoms with Crippen LogP contribution in [-0.4, -0.2) is 5.78 Å². The Hall–Kier alpha value is -1.45. The first-order chi connectivity index (χ1) is 8.99. The fourth-order valence-electron chi connectivity index (χ4n) is 1.67. The van der Waals surface area contributed by atoms with E-state index >= 15 is 0 Å². The maximum atomic E-state index is 13.5. The van der Waals surface area contributed by atoms with Crippen LogP contribution in [0.25, 0.3) is 0 Å². The Bertz CT molecular complexity index is 641. The Morgan fingerprint density at radius 1 is 1.11 bits per heavy atom. The van der Waals surface area contributed by atoms with Gasteiger partial charge in [-0.2, -0.15) is 0 Å². The highest BCUT2D eigenvalue weighted by atomic mass is 35.5. The normalized spacial score (nSPS) is 10.5. The number of rotatable bonds is 3. The van der Waals surface area contributed by atoms with Gasteiger partial charge in [-0.15, -0.1) is 0 Å². The molecule has 0 atom stereocenters. The molecule has 0 saturated carbocycles. The average Bonchev–Trinajstić information content (AvgIpc) is 2.34. The molecule has 2 aromatic rings. The Labute approximate surface area is 118 Å². The van der Waals surface area contributed by atoms with E-state index in [9.17, 15) is 13.6 Å². The zero-order chi connectivity index (χ0) is 14.0. The highest BCUT2D eigenvalue weighted by Crippen LogP contribution is 2.23. The van der Waals surface area contributed by atoms with Gasteiger partial charge < -0.3 is 0 Å². The van der Waals surface area contributed by atoms with Crippen molar-refractivity contribution in [2.75, 3.05) is 0 Å². The molecule has 0 aliphatic carbocycles. The number of benzene rings is 2. The summed E-state index contributed by atoms with van der Waals surface area (Å²) in [6.07, 6.45) is -0.259.